The number of anilines is 1. The molecule has 2 fully saturated rings. The molecule has 0 saturated carbocycles. The van der Waals surface area contributed by atoms with Gasteiger partial charge in [-0.2, -0.15) is 0 Å². The van der Waals surface area contributed by atoms with Crippen molar-refractivity contribution in [3.8, 4) is 0 Å². The molecule has 190 valence electrons. The van der Waals surface area contributed by atoms with E-state index in [1.807, 2.05) is 11.8 Å². The Labute approximate surface area is 207 Å². The fourth-order valence-electron chi connectivity index (χ4n) is 4.88. The van der Waals surface area contributed by atoms with Gasteiger partial charge in [0.15, 0.2) is 5.76 Å². The van der Waals surface area contributed by atoms with E-state index in [9.17, 15) is 14.4 Å². The zero-order valence-corrected chi connectivity index (χ0v) is 20.2. The first-order chi connectivity index (χ1) is 17.5. The van der Waals surface area contributed by atoms with Crippen LogP contribution in [-0.4, -0.2) is 66.7 Å². The van der Waals surface area contributed by atoms with Crippen LogP contribution in [0.3, 0.4) is 0 Å². The number of hydrogen-bond donors (Lipinski definition) is 1. The minimum absolute atomic E-state index is 0.0143. The molecular weight excluding hydrogens is 467 g/mol. The van der Waals surface area contributed by atoms with Crippen molar-refractivity contribution in [1.82, 2.24) is 14.8 Å². The van der Waals surface area contributed by atoms with Gasteiger partial charge < -0.3 is 28.8 Å². The van der Waals surface area contributed by atoms with Crippen LogP contribution in [-0.2, 0) is 11.3 Å². The first-order valence-corrected chi connectivity index (χ1v) is 12.3. The second kappa shape index (κ2) is 10.1. The Hall–Kier alpha value is -3.66. The van der Waals surface area contributed by atoms with Gasteiger partial charge in [0.2, 0.25) is 5.43 Å². The van der Waals surface area contributed by atoms with Gasteiger partial charge in [0.25, 0.3) is 11.8 Å². The van der Waals surface area contributed by atoms with E-state index in [-0.39, 0.29) is 28.7 Å². The van der Waals surface area contributed by atoms with E-state index < -0.39 is 17.2 Å². The molecule has 0 radical (unpaired) electrons. The quantitative estimate of drug-likeness (QED) is 0.564. The molecule has 10 heteroatoms. The molecule has 5 rings (SSSR count). The van der Waals surface area contributed by atoms with Gasteiger partial charge in [-0.3, -0.25) is 14.4 Å². The van der Waals surface area contributed by atoms with E-state index in [1.165, 1.54) is 18.5 Å². The second-order valence-corrected chi connectivity index (χ2v) is 9.08. The lowest BCUT2D eigenvalue weighted by atomic mass is 10.1. The summed E-state index contributed by atoms with van der Waals surface area (Å²) in [5, 5.41) is 2.94. The van der Waals surface area contributed by atoms with Crippen molar-refractivity contribution in [3.63, 3.8) is 0 Å². The van der Waals surface area contributed by atoms with Crippen LogP contribution < -0.4 is 15.6 Å². The molecule has 4 heterocycles. The van der Waals surface area contributed by atoms with Crippen molar-refractivity contribution in [2.24, 2.45) is 0 Å². The largest absolute Gasteiger partial charge is 0.459 e. The lowest BCUT2D eigenvalue weighted by molar-refractivity contribution is 0.0714. The van der Waals surface area contributed by atoms with Crippen molar-refractivity contribution in [2.45, 2.75) is 32.4 Å². The number of carbonyl (C=O) groups excluding carboxylic acids is 2. The molecule has 36 heavy (non-hydrogen) atoms. The molecule has 2 saturated heterocycles. The summed E-state index contributed by atoms with van der Waals surface area (Å²) in [5.74, 6) is -0.932. The van der Waals surface area contributed by atoms with Crippen LogP contribution in [0.15, 0.2) is 45.9 Å². The molecule has 9 nitrogen and oxygen atoms in total. The summed E-state index contributed by atoms with van der Waals surface area (Å²) in [6.45, 7) is 5.13. The third-order valence-electron chi connectivity index (χ3n) is 6.89. The number of nitrogens with one attached hydrogen (secondary N) is 1. The molecule has 2 amide bonds. The molecule has 2 aliphatic heterocycles. The summed E-state index contributed by atoms with van der Waals surface area (Å²) >= 11 is 0. The standard InChI is InChI=1S/C26H29FN4O5/c1-2-29-16-19(25(33)28-15-17-5-3-11-35-17)24(32)18-13-20(27)22(14-21(18)29)30-7-9-31(10-8-30)26(34)23-6-4-12-36-23/h4,6,12-14,16-17H,2-3,5,7-11,15H2,1H3,(H,28,33). The summed E-state index contributed by atoms with van der Waals surface area (Å²) in [5.41, 5.74) is 0.409. The highest BCUT2D eigenvalue weighted by Gasteiger charge is 2.26. The molecule has 1 atom stereocenters. The Morgan fingerprint density at radius 2 is 2.00 bits per heavy atom. The molecule has 1 unspecified atom stereocenters. The van der Waals surface area contributed by atoms with Gasteiger partial charge in [-0.25, -0.2) is 4.39 Å². The first kappa shape index (κ1) is 24.1. The molecule has 1 N–H and O–H groups in total. The Kier molecular flexibility index (Phi) is 6.77. The number of nitrogens with zero attached hydrogens (tertiary/aromatic N) is 3. The van der Waals surface area contributed by atoms with Crippen molar-refractivity contribution in [2.75, 3.05) is 44.2 Å². The zero-order chi connectivity index (χ0) is 25.2. The van der Waals surface area contributed by atoms with Crippen LogP contribution in [0.1, 0.15) is 40.7 Å². The summed E-state index contributed by atoms with van der Waals surface area (Å²) < 4.78 is 27.8. The monoisotopic (exact) mass is 496 g/mol. The second-order valence-electron chi connectivity index (χ2n) is 9.08. The number of furan rings is 1. The number of ether oxygens (including phenoxy) is 1. The van der Waals surface area contributed by atoms with Crippen LogP contribution in [0, 0.1) is 5.82 Å². The van der Waals surface area contributed by atoms with Crippen molar-refractivity contribution in [1.29, 1.82) is 0 Å². The highest BCUT2D eigenvalue weighted by atomic mass is 19.1. The van der Waals surface area contributed by atoms with E-state index in [2.05, 4.69) is 5.32 Å². The van der Waals surface area contributed by atoms with Crippen LogP contribution in [0.5, 0.6) is 0 Å². The van der Waals surface area contributed by atoms with Crippen molar-refractivity contribution < 1.29 is 23.1 Å². The lowest BCUT2D eigenvalue weighted by Crippen LogP contribution is -2.49. The topological polar surface area (TPSA) is 97.0 Å². The normalized spacial score (nSPS) is 18.1. The third-order valence-corrected chi connectivity index (χ3v) is 6.89. The van der Waals surface area contributed by atoms with Crippen LogP contribution >= 0.6 is 0 Å². The highest BCUT2D eigenvalue weighted by Crippen LogP contribution is 2.27. The van der Waals surface area contributed by atoms with Crippen LogP contribution in [0.2, 0.25) is 0 Å². The maximum atomic E-state index is 15.3. The molecule has 0 bridgehead atoms. The SMILES string of the molecule is CCn1cc(C(=O)NCC2CCCO2)c(=O)c2cc(F)c(N3CCN(C(=O)c4ccco4)CC3)cc21. The summed E-state index contributed by atoms with van der Waals surface area (Å²) in [7, 11) is 0. The number of piperazine rings is 1. The number of aromatic nitrogens is 1. The maximum absolute atomic E-state index is 15.3. The first-order valence-electron chi connectivity index (χ1n) is 12.3. The number of benzene rings is 1. The summed E-state index contributed by atoms with van der Waals surface area (Å²) in [6.07, 6.45) is 4.78. The Morgan fingerprint density at radius 3 is 2.67 bits per heavy atom. The van der Waals surface area contributed by atoms with E-state index in [1.54, 1.807) is 27.7 Å². The molecule has 0 aliphatic carbocycles. The number of carbonyl (C=O) groups is 2. The number of hydrogen-bond acceptors (Lipinski definition) is 6. The average Bonchev–Trinajstić information content (AvgIpc) is 3.62. The average molecular weight is 497 g/mol. The minimum Gasteiger partial charge on any atom is -0.459 e. The Balaban J connectivity index is 1.37. The van der Waals surface area contributed by atoms with Crippen LogP contribution in [0.4, 0.5) is 10.1 Å². The number of fused-ring (bicyclic) bond motifs is 1. The molecule has 2 aliphatic rings. The Morgan fingerprint density at radius 1 is 1.19 bits per heavy atom. The fourth-order valence-corrected chi connectivity index (χ4v) is 4.88. The van der Waals surface area contributed by atoms with E-state index >= 15 is 4.39 Å². The molecule has 3 aromatic rings. The van der Waals surface area contributed by atoms with Gasteiger partial charge in [-0.1, -0.05) is 0 Å². The molecule has 0 spiro atoms. The number of pyridine rings is 1. The van der Waals surface area contributed by atoms with Gasteiger partial charge in [0, 0.05) is 57.5 Å². The predicted molar refractivity (Wildman–Crippen MR) is 132 cm³/mol. The van der Waals surface area contributed by atoms with Crippen molar-refractivity contribution >= 4 is 28.4 Å². The van der Waals surface area contributed by atoms with Gasteiger partial charge >= 0.3 is 0 Å². The predicted octanol–water partition coefficient (Wildman–Crippen LogP) is 2.62. The van der Waals surface area contributed by atoms with Gasteiger partial charge in [0.05, 0.1) is 23.6 Å². The summed E-state index contributed by atoms with van der Waals surface area (Å²) in [4.78, 5) is 42.0. The smallest absolute Gasteiger partial charge is 0.289 e. The number of halogens is 1. The molecular formula is C26H29FN4O5. The van der Waals surface area contributed by atoms with Gasteiger partial charge in [-0.05, 0) is 44.0 Å². The summed E-state index contributed by atoms with van der Waals surface area (Å²) in [6, 6.07) is 6.17. The van der Waals surface area contributed by atoms with E-state index in [0.717, 1.165) is 12.8 Å². The third kappa shape index (κ3) is 4.60. The number of aryl methyl sites for hydroxylation is 1. The number of rotatable bonds is 6. The number of amides is 2. The fraction of sp³-hybridized carbons (Fsp3) is 0.423. The zero-order valence-electron chi connectivity index (χ0n) is 20.2. The maximum Gasteiger partial charge on any atom is 0.289 e. The minimum atomic E-state index is -0.537. The highest BCUT2D eigenvalue weighted by molar-refractivity contribution is 5.98. The lowest BCUT2D eigenvalue weighted by Gasteiger charge is -2.36. The Bertz CT molecular complexity index is 1320. The van der Waals surface area contributed by atoms with E-state index in [4.69, 9.17) is 9.15 Å². The molecule has 2 aromatic heterocycles. The molecule has 1 aromatic carbocycles. The van der Waals surface area contributed by atoms with Crippen molar-refractivity contribution in [3.05, 3.63) is 64.1 Å². The van der Waals surface area contributed by atoms with Gasteiger partial charge in [-0.15, -0.1) is 0 Å². The van der Waals surface area contributed by atoms with Gasteiger partial charge in [0.1, 0.15) is 11.4 Å². The van der Waals surface area contributed by atoms with Crippen LogP contribution in [0.25, 0.3) is 10.9 Å². The van der Waals surface area contributed by atoms with E-state index in [0.29, 0.717) is 57.1 Å².